The smallest absolute Gasteiger partial charge is 0.233 e. The number of aliphatic hydroxyl groups excluding tert-OH is 1. The number of imide groups is 1. The highest BCUT2D eigenvalue weighted by atomic mass is 16.3. The molecule has 1 aliphatic heterocycles. The number of carbonyl (C=O) groups excluding carboxylic acids is 2. The molecular formula is C11H15NO3. The molecule has 0 radical (unpaired) electrons. The number of fused-ring (bicyclic) bond motifs is 5. The van der Waals surface area contributed by atoms with Gasteiger partial charge in [-0.3, -0.25) is 14.5 Å². The second-order valence-corrected chi connectivity index (χ2v) is 4.94. The minimum Gasteiger partial charge on any atom is -0.395 e. The monoisotopic (exact) mass is 209 g/mol. The molecule has 0 unspecified atom stereocenters. The summed E-state index contributed by atoms with van der Waals surface area (Å²) in [4.78, 5) is 25.2. The molecule has 15 heavy (non-hydrogen) atoms. The summed E-state index contributed by atoms with van der Waals surface area (Å²) in [6.07, 6.45) is 3.29. The SMILES string of the molecule is O=C1[C@@H]2[C@H]3CC[C@H](C3)[C@@H]2C(=O)N1CCO. The zero-order valence-corrected chi connectivity index (χ0v) is 8.56. The number of hydrogen-bond acceptors (Lipinski definition) is 3. The molecule has 2 amide bonds. The van der Waals surface area contributed by atoms with Crippen molar-refractivity contribution in [2.75, 3.05) is 13.2 Å². The second-order valence-electron chi connectivity index (χ2n) is 4.94. The molecule has 4 atom stereocenters. The third kappa shape index (κ3) is 1.06. The Morgan fingerprint density at radius 2 is 1.67 bits per heavy atom. The summed E-state index contributed by atoms with van der Waals surface area (Å²) in [5, 5.41) is 8.83. The van der Waals surface area contributed by atoms with Crippen LogP contribution in [-0.4, -0.2) is 35.0 Å². The van der Waals surface area contributed by atoms with Gasteiger partial charge in [0.05, 0.1) is 25.0 Å². The minimum atomic E-state index is -0.119. The van der Waals surface area contributed by atoms with E-state index in [0.717, 1.165) is 19.3 Å². The summed E-state index contributed by atoms with van der Waals surface area (Å²) in [7, 11) is 0. The molecule has 3 aliphatic rings. The molecule has 0 spiro atoms. The number of hydrogen-bond donors (Lipinski definition) is 1. The minimum absolute atomic E-state index is 0.0220. The molecule has 2 bridgehead atoms. The first kappa shape index (κ1) is 9.33. The van der Waals surface area contributed by atoms with Crippen LogP contribution < -0.4 is 0 Å². The molecule has 2 saturated carbocycles. The van der Waals surface area contributed by atoms with Crippen molar-refractivity contribution in [3.8, 4) is 0 Å². The third-order valence-electron chi connectivity index (χ3n) is 4.34. The Balaban J connectivity index is 1.90. The van der Waals surface area contributed by atoms with E-state index in [4.69, 9.17) is 5.11 Å². The number of rotatable bonds is 2. The zero-order valence-electron chi connectivity index (χ0n) is 8.56. The summed E-state index contributed by atoms with van der Waals surface area (Å²) in [5.74, 6) is 0.767. The largest absolute Gasteiger partial charge is 0.395 e. The van der Waals surface area contributed by atoms with Crippen LogP contribution in [-0.2, 0) is 9.59 Å². The van der Waals surface area contributed by atoms with Crippen LogP contribution in [0.2, 0.25) is 0 Å². The molecule has 82 valence electrons. The van der Waals surface area contributed by atoms with Crippen molar-refractivity contribution in [1.29, 1.82) is 0 Å². The molecular weight excluding hydrogens is 194 g/mol. The van der Waals surface area contributed by atoms with Crippen molar-refractivity contribution in [1.82, 2.24) is 4.90 Å². The Bertz CT molecular complexity index is 300. The van der Waals surface area contributed by atoms with E-state index in [1.165, 1.54) is 4.90 Å². The molecule has 1 N–H and O–H groups in total. The highest BCUT2D eigenvalue weighted by Crippen LogP contribution is 2.55. The molecule has 3 rings (SSSR count). The Morgan fingerprint density at radius 3 is 2.13 bits per heavy atom. The van der Waals surface area contributed by atoms with Gasteiger partial charge in [-0.25, -0.2) is 0 Å². The molecule has 1 heterocycles. The van der Waals surface area contributed by atoms with Crippen LogP contribution in [0.4, 0.5) is 0 Å². The molecule has 4 nitrogen and oxygen atoms in total. The average Bonchev–Trinajstić information content (AvgIpc) is 2.87. The lowest BCUT2D eigenvalue weighted by Crippen LogP contribution is -2.35. The number of carbonyl (C=O) groups is 2. The highest BCUT2D eigenvalue weighted by molar-refractivity contribution is 6.06. The van der Waals surface area contributed by atoms with E-state index in [1.807, 2.05) is 0 Å². The third-order valence-corrected chi connectivity index (χ3v) is 4.34. The van der Waals surface area contributed by atoms with Gasteiger partial charge in [0, 0.05) is 0 Å². The first-order valence-corrected chi connectivity index (χ1v) is 5.70. The summed E-state index contributed by atoms with van der Waals surface area (Å²) in [6.45, 7) is 0.0658. The summed E-state index contributed by atoms with van der Waals surface area (Å²) >= 11 is 0. The van der Waals surface area contributed by atoms with Gasteiger partial charge in [0.15, 0.2) is 0 Å². The lowest BCUT2D eigenvalue weighted by molar-refractivity contribution is -0.141. The van der Waals surface area contributed by atoms with E-state index < -0.39 is 0 Å². The first-order valence-electron chi connectivity index (χ1n) is 5.70. The van der Waals surface area contributed by atoms with E-state index >= 15 is 0 Å². The fourth-order valence-corrected chi connectivity index (χ4v) is 3.79. The van der Waals surface area contributed by atoms with Gasteiger partial charge in [0.25, 0.3) is 0 Å². The normalized spacial score (nSPS) is 42.9. The molecule has 3 fully saturated rings. The predicted molar refractivity (Wildman–Crippen MR) is 51.6 cm³/mol. The van der Waals surface area contributed by atoms with Crippen LogP contribution in [0.1, 0.15) is 19.3 Å². The van der Waals surface area contributed by atoms with Crippen molar-refractivity contribution in [3.63, 3.8) is 0 Å². The summed E-state index contributed by atoms with van der Waals surface area (Å²) in [6, 6.07) is 0. The van der Waals surface area contributed by atoms with Gasteiger partial charge >= 0.3 is 0 Å². The van der Waals surface area contributed by atoms with E-state index in [-0.39, 0.29) is 36.8 Å². The average molecular weight is 209 g/mol. The number of aliphatic hydroxyl groups is 1. The fourth-order valence-electron chi connectivity index (χ4n) is 3.79. The van der Waals surface area contributed by atoms with Gasteiger partial charge in [0.2, 0.25) is 11.8 Å². The van der Waals surface area contributed by atoms with E-state index in [0.29, 0.717) is 11.8 Å². The quantitative estimate of drug-likeness (QED) is 0.652. The zero-order chi connectivity index (χ0) is 10.6. The Kier molecular flexibility index (Phi) is 1.89. The number of nitrogens with zero attached hydrogens (tertiary/aromatic N) is 1. The van der Waals surface area contributed by atoms with Crippen molar-refractivity contribution < 1.29 is 14.7 Å². The van der Waals surface area contributed by atoms with Gasteiger partial charge in [-0.2, -0.15) is 0 Å². The summed E-state index contributed by atoms with van der Waals surface area (Å²) in [5.41, 5.74) is 0. The molecule has 4 heteroatoms. The molecule has 2 aliphatic carbocycles. The molecule has 0 aromatic carbocycles. The number of β-amino-alcohol motifs (C(OH)–C–C–N with tert-alkyl or cyclic N) is 1. The van der Waals surface area contributed by atoms with Gasteiger partial charge in [-0.15, -0.1) is 0 Å². The highest BCUT2D eigenvalue weighted by Gasteiger charge is 2.60. The van der Waals surface area contributed by atoms with E-state index in [9.17, 15) is 9.59 Å². The van der Waals surface area contributed by atoms with Gasteiger partial charge in [-0.1, -0.05) is 0 Å². The van der Waals surface area contributed by atoms with E-state index in [2.05, 4.69) is 0 Å². The van der Waals surface area contributed by atoms with Crippen molar-refractivity contribution in [3.05, 3.63) is 0 Å². The van der Waals surface area contributed by atoms with Crippen LogP contribution >= 0.6 is 0 Å². The lowest BCUT2D eigenvalue weighted by Gasteiger charge is -2.19. The van der Waals surface area contributed by atoms with Crippen LogP contribution in [0.5, 0.6) is 0 Å². The van der Waals surface area contributed by atoms with Crippen molar-refractivity contribution >= 4 is 11.8 Å². The Labute approximate surface area is 88.2 Å². The van der Waals surface area contributed by atoms with Crippen molar-refractivity contribution in [2.24, 2.45) is 23.7 Å². The maximum Gasteiger partial charge on any atom is 0.233 e. The van der Waals surface area contributed by atoms with Crippen LogP contribution in [0.3, 0.4) is 0 Å². The molecule has 0 aromatic rings. The van der Waals surface area contributed by atoms with Crippen molar-refractivity contribution in [2.45, 2.75) is 19.3 Å². The number of amides is 2. The second kappa shape index (κ2) is 3.04. The van der Waals surface area contributed by atoms with E-state index in [1.54, 1.807) is 0 Å². The maximum atomic E-state index is 12.0. The Hall–Kier alpha value is -0.900. The van der Waals surface area contributed by atoms with Gasteiger partial charge in [-0.05, 0) is 31.1 Å². The van der Waals surface area contributed by atoms with Gasteiger partial charge < -0.3 is 5.11 Å². The maximum absolute atomic E-state index is 12.0. The van der Waals surface area contributed by atoms with Crippen LogP contribution in [0, 0.1) is 23.7 Å². The van der Waals surface area contributed by atoms with Crippen LogP contribution in [0.25, 0.3) is 0 Å². The predicted octanol–water partition coefficient (Wildman–Crippen LogP) is 0.00980. The fraction of sp³-hybridized carbons (Fsp3) is 0.818. The first-order chi connectivity index (χ1) is 7.24. The standard InChI is InChI=1S/C11H15NO3/c13-4-3-12-10(14)8-6-1-2-7(5-6)9(8)11(12)15/h6-9,13H,1-5H2/t6-,7+,8+,9-. The number of likely N-dealkylation sites (tertiary alicyclic amines) is 1. The van der Waals surface area contributed by atoms with Crippen LogP contribution in [0.15, 0.2) is 0 Å². The van der Waals surface area contributed by atoms with Gasteiger partial charge in [0.1, 0.15) is 0 Å². The lowest BCUT2D eigenvalue weighted by atomic mass is 9.81. The molecule has 1 saturated heterocycles. The molecule has 0 aromatic heterocycles. The Morgan fingerprint density at radius 1 is 1.13 bits per heavy atom. The topological polar surface area (TPSA) is 57.6 Å². The summed E-state index contributed by atoms with van der Waals surface area (Å²) < 4.78 is 0.